The molecule has 9 nitrogen and oxygen atoms in total. The predicted molar refractivity (Wildman–Crippen MR) is 141 cm³/mol. The second-order valence-electron chi connectivity index (χ2n) is 11.7. The molecular weight excluding hydrogens is 543 g/mol. The van der Waals surface area contributed by atoms with E-state index in [0.717, 1.165) is 47.4 Å². The second-order valence-corrected chi connectivity index (χ2v) is 12.9. The summed E-state index contributed by atoms with van der Waals surface area (Å²) in [6.07, 6.45) is 4.02. The number of alkyl halides is 3. The van der Waals surface area contributed by atoms with Crippen molar-refractivity contribution in [3.8, 4) is 0 Å². The highest BCUT2D eigenvalue weighted by molar-refractivity contribution is 7.12. The van der Waals surface area contributed by atoms with Crippen LogP contribution in [0.15, 0.2) is 12.4 Å². The Morgan fingerprint density at radius 2 is 2.10 bits per heavy atom. The summed E-state index contributed by atoms with van der Waals surface area (Å²) in [6.45, 7) is 0.290. The Morgan fingerprint density at radius 1 is 1.30 bits per heavy atom. The lowest BCUT2D eigenvalue weighted by Gasteiger charge is -2.25. The van der Waals surface area contributed by atoms with Crippen molar-refractivity contribution in [3.63, 3.8) is 0 Å². The van der Waals surface area contributed by atoms with E-state index in [0.29, 0.717) is 30.2 Å². The molecule has 13 heteroatoms. The number of nitrogens with one attached hydrogen (secondary N) is 2. The number of aryl methyl sites for hydroxylation is 2. The maximum Gasteiger partial charge on any atom is 0.282 e. The number of nitrogens with zero attached hydrogens (tertiary/aromatic N) is 5. The van der Waals surface area contributed by atoms with Crippen LogP contribution in [0, 0.1) is 17.3 Å². The van der Waals surface area contributed by atoms with E-state index in [1.54, 1.807) is 24.7 Å². The van der Waals surface area contributed by atoms with Crippen molar-refractivity contribution in [3.05, 3.63) is 39.0 Å². The molecule has 3 heterocycles. The Balaban J connectivity index is 1.14. The van der Waals surface area contributed by atoms with E-state index in [4.69, 9.17) is 0 Å². The molecule has 4 aliphatic carbocycles. The highest BCUT2D eigenvalue weighted by atomic mass is 32.1. The number of aromatic nitrogens is 5. The van der Waals surface area contributed by atoms with Crippen molar-refractivity contribution in [2.75, 3.05) is 11.9 Å². The van der Waals surface area contributed by atoms with Crippen LogP contribution < -0.4 is 10.6 Å². The molecule has 1 spiro atoms. The number of hydrogen-bond donors (Lipinski definition) is 2. The molecule has 4 aliphatic rings. The molecule has 1 amide bonds. The summed E-state index contributed by atoms with van der Waals surface area (Å²) >= 11 is 1.55. The molecule has 4 atom stereocenters. The maximum absolute atomic E-state index is 13.5. The van der Waals surface area contributed by atoms with Crippen LogP contribution in [0.25, 0.3) is 0 Å². The van der Waals surface area contributed by atoms with Gasteiger partial charge in [0.1, 0.15) is 29.8 Å². The minimum absolute atomic E-state index is 0.0886. The summed E-state index contributed by atoms with van der Waals surface area (Å²) in [5.74, 6) is 0.709. The monoisotopic (exact) mass is 573 g/mol. The predicted octanol–water partition coefficient (Wildman–Crippen LogP) is 4.48. The Morgan fingerprint density at radius 3 is 2.77 bits per heavy atom. The van der Waals surface area contributed by atoms with Gasteiger partial charge >= 0.3 is 0 Å². The van der Waals surface area contributed by atoms with Gasteiger partial charge in [-0.3, -0.25) is 18.8 Å². The van der Waals surface area contributed by atoms with Crippen LogP contribution in [0.5, 0.6) is 0 Å². The number of Topliss-reactive ketones (excluding diaryl/α,β-unsaturated/α-hetero) is 1. The van der Waals surface area contributed by atoms with E-state index in [9.17, 15) is 22.8 Å². The maximum atomic E-state index is 13.5. The molecule has 3 fully saturated rings. The smallest absolute Gasteiger partial charge is 0.282 e. The second kappa shape index (κ2) is 9.42. The zero-order valence-corrected chi connectivity index (χ0v) is 22.8. The summed E-state index contributed by atoms with van der Waals surface area (Å²) < 4.78 is 42.9. The van der Waals surface area contributed by atoms with Crippen molar-refractivity contribution in [1.29, 1.82) is 0 Å². The quantitative estimate of drug-likeness (QED) is 0.370. The lowest BCUT2D eigenvalue weighted by atomic mass is 9.89. The minimum Gasteiger partial charge on any atom is -0.352 e. The fourth-order valence-electron chi connectivity index (χ4n) is 6.21. The van der Waals surface area contributed by atoms with Gasteiger partial charge in [0.25, 0.3) is 12.3 Å². The third-order valence-corrected chi connectivity index (χ3v) is 10.3. The van der Waals surface area contributed by atoms with Gasteiger partial charge in [0.05, 0.1) is 5.56 Å². The summed E-state index contributed by atoms with van der Waals surface area (Å²) in [5, 5.41) is 18.0. The topological polar surface area (TPSA) is 107 Å². The van der Waals surface area contributed by atoms with Gasteiger partial charge in [-0.1, -0.05) is 0 Å². The molecule has 40 heavy (non-hydrogen) atoms. The average Bonchev–Trinajstić information content (AvgIpc) is 3.86. The Bertz CT molecular complexity index is 1490. The lowest BCUT2D eigenvalue weighted by Crippen LogP contribution is -2.29. The van der Waals surface area contributed by atoms with Gasteiger partial charge in [0.2, 0.25) is 5.95 Å². The fraction of sp³-hybridized carbons (Fsp3) is 0.593. The number of rotatable bonds is 10. The van der Waals surface area contributed by atoms with Gasteiger partial charge in [-0.25, -0.2) is 13.2 Å². The zero-order chi connectivity index (χ0) is 27.8. The summed E-state index contributed by atoms with van der Waals surface area (Å²) in [7, 11) is 1.57. The number of amides is 1. The van der Waals surface area contributed by atoms with Crippen molar-refractivity contribution in [2.24, 2.45) is 24.3 Å². The van der Waals surface area contributed by atoms with E-state index in [-0.39, 0.29) is 53.6 Å². The molecule has 7 rings (SSSR count). The van der Waals surface area contributed by atoms with Crippen LogP contribution in [0.1, 0.15) is 75.9 Å². The standard InChI is InChI=1S/C27H30F3N7O2S/c1-36-22(8-18(35-36)24(29)30)33-26-34-32-12-37(26)14-2-3-20-15(7-14)23(25(39)31-11-13-6-17(13)28)21(40-20)9-19(38)16-10-27(16)4-5-27/h8,12-14,16-17,24H,2-7,9-11H2,1H3,(H,31,39)(H,33,34)/t13-,14+,16-,17-/m1/s1. The normalized spacial score (nSPS) is 25.6. The van der Waals surface area contributed by atoms with Gasteiger partial charge in [0, 0.05) is 53.7 Å². The highest BCUT2D eigenvalue weighted by Gasteiger charge is 2.65. The minimum atomic E-state index is -2.69. The van der Waals surface area contributed by atoms with Crippen molar-refractivity contribution in [2.45, 2.75) is 70.0 Å². The molecular formula is C27H30F3N7O2S. The van der Waals surface area contributed by atoms with Gasteiger partial charge in [-0.15, -0.1) is 21.5 Å². The van der Waals surface area contributed by atoms with E-state index in [1.807, 2.05) is 4.57 Å². The number of halogens is 3. The zero-order valence-electron chi connectivity index (χ0n) is 22.0. The van der Waals surface area contributed by atoms with Crippen LogP contribution in [0.2, 0.25) is 0 Å². The molecule has 0 saturated heterocycles. The molecule has 3 aromatic rings. The molecule has 2 N–H and O–H groups in total. The Labute approximate surface area is 232 Å². The van der Waals surface area contributed by atoms with Crippen LogP contribution in [-0.2, 0) is 31.1 Å². The number of carbonyl (C=O) groups is 2. The number of fused-ring (bicyclic) bond motifs is 1. The van der Waals surface area contributed by atoms with E-state index >= 15 is 0 Å². The molecule has 0 aromatic carbocycles. The number of anilines is 2. The average molecular weight is 574 g/mol. The summed E-state index contributed by atoms with van der Waals surface area (Å²) in [5.41, 5.74) is 1.41. The van der Waals surface area contributed by atoms with Gasteiger partial charge in [-0.2, -0.15) is 5.10 Å². The van der Waals surface area contributed by atoms with Crippen molar-refractivity contribution in [1.82, 2.24) is 29.9 Å². The Hall–Kier alpha value is -3.22. The number of thiophene rings is 1. The van der Waals surface area contributed by atoms with Crippen LogP contribution >= 0.6 is 11.3 Å². The largest absolute Gasteiger partial charge is 0.352 e. The first-order valence-electron chi connectivity index (χ1n) is 13.8. The first kappa shape index (κ1) is 25.7. The van der Waals surface area contributed by atoms with Crippen LogP contribution in [0.4, 0.5) is 24.9 Å². The van der Waals surface area contributed by atoms with Crippen LogP contribution in [0.3, 0.4) is 0 Å². The molecule has 212 valence electrons. The first-order valence-corrected chi connectivity index (χ1v) is 14.6. The lowest BCUT2D eigenvalue weighted by molar-refractivity contribution is -0.119. The van der Waals surface area contributed by atoms with E-state index < -0.39 is 12.6 Å². The van der Waals surface area contributed by atoms with E-state index in [2.05, 4.69) is 25.9 Å². The molecule has 0 bridgehead atoms. The SMILES string of the molecule is Cn1nc(C(F)F)cc1Nc1nncn1[C@H]1CCc2sc(CC(=O)[C@H]3CC34CC4)c(C(=O)NC[C@H]3C[C@H]3F)c2C1. The van der Waals surface area contributed by atoms with Crippen molar-refractivity contribution >= 4 is 34.8 Å². The van der Waals surface area contributed by atoms with Gasteiger partial charge in [0.15, 0.2) is 0 Å². The van der Waals surface area contributed by atoms with Gasteiger partial charge in [-0.05, 0) is 55.9 Å². The van der Waals surface area contributed by atoms with Gasteiger partial charge < -0.3 is 10.6 Å². The molecule has 0 unspecified atom stereocenters. The van der Waals surface area contributed by atoms with E-state index in [1.165, 1.54) is 10.7 Å². The summed E-state index contributed by atoms with van der Waals surface area (Å²) in [4.78, 5) is 28.5. The van der Waals surface area contributed by atoms with Crippen LogP contribution in [-0.4, -0.2) is 49.0 Å². The molecule has 0 radical (unpaired) electrons. The third-order valence-electron chi connectivity index (χ3n) is 9.03. The number of hydrogen-bond acceptors (Lipinski definition) is 7. The molecule has 0 aliphatic heterocycles. The highest BCUT2D eigenvalue weighted by Crippen LogP contribution is 2.71. The van der Waals surface area contributed by atoms with Crippen molar-refractivity contribution < 1.29 is 22.8 Å². The molecule has 3 saturated carbocycles. The first-order chi connectivity index (χ1) is 19.2. The number of carbonyl (C=O) groups excluding carboxylic acids is 2. The Kier molecular flexibility index (Phi) is 6.06. The summed E-state index contributed by atoms with van der Waals surface area (Å²) in [6, 6.07) is 1.19. The number of ketones is 1. The fourth-order valence-corrected chi connectivity index (χ4v) is 7.56. The molecule has 3 aromatic heterocycles. The third kappa shape index (κ3) is 4.61.